The number of thiophene rings is 2. The van der Waals surface area contributed by atoms with Crippen molar-refractivity contribution in [3.63, 3.8) is 0 Å². The fourth-order valence-electron chi connectivity index (χ4n) is 4.62. The van der Waals surface area contributed by atoms with Crippen LogP contribution in [0.25, 0.3) is 19.8 Å². The van der Waals surface area contributed by atoms with Gasteiger partial charge in [-0.2, -0.15) is 5.26 Å². The molecule has 0 spiro atoms. The van der Waals surface area contributed by atoms with Crippen LogP contribution in [0, 0.1) is 11.3 Å². The van der Waals surface area contributed by atoms with Crippen molar-refractivity contribution in [3.05, 3.63) is 40.8 Å². The molecule has 2 atom stereocenters. The number of fused-ring (bicyclic) bond motifs is 2. The molecular weight excluding hydrogens is 480 g/mol. The zero-order valence-corrected chi connectivity index (χ0v) is 21.3. The van der Waals surface area contributed by atoms with E-state index in [1.165, 1.54) is 9.40 Å². The third-order valence-corrected chi connectivity index (χ3v) is 8.81. The molecule has 2 aromatic heterocycles. The SMILES string of the molecule is CCN1C(=O)Cc2ccc(-c3cc4sc(C[C@@H](C#N)NC(=O)[C@@H]5CNCCCCO5)cc4s3)cc21. The van der Waals surface area contributed by atoms with Crippen LogP contribution in [0.4, 0.5) is 5.69 Å². The third-order valence-electron chi connectivity index (χ3n) is 6.44. The molecule has 1 aromatic carbocycles. The van der Waals surface area contributed by atoms with Crippen LogP contribution in [0.15, 0.2) is 30.3 Å². The Bertz CT molecular complexity index is 1250. The summed E-state index contributed by atoms with van der Waals surface area (Å²) in [6.07, 6.45) is 2.34. The topological polar surface area (TPSA) is 94.5 Å². The van der Waals surface area contributed by atoms with E-state index in [1.807, 2.05) is 11.8 Å². The van der Waals surface area contributed by atoms with E-state index in [9.17, 15) is 14.9 Å². The van der Waals surface area contributed by atoms with E-state index in [0.29, 0.717) is 32.5 Å². The van der Waals surface area contributed by atoms with Crippen molar-refractivity contribution in [2.24, 2.45) is 0 Å². The Hall–Kier alpha value is -2.77. The fraction of sp³-hybridized carbons (Fsp3) is 0.423. The second-order valence-electron chi connectivity index (χ2n) is 8.88. The van der Waals surface area contributed by atoms with Gasteiger partial charge >= 0.3 is 0 Å². The van der Waals surface area contributed by atoms with Crippen LogP contribution in [0.3, 0.4) is 0 Å². The highest BCUT2D eigenvalue weighted by molar-refractivity contribution is 7.29. The first-order valence-corrected chi connectivity index (χ1v) is 13.7. The summed E-state index contributed by atoms with van der Waals surface area (Å²) in [5.41, 5.74) is 3.22. The molecule has 2 aliphatic rings. The standard InChI is InChI=1S/C26H28N4O3S2/c1-2-30-20-9-17(6-5-16(20)10-25(30)31)22-13-24-23(35-22)12-19(34-24)11-18(14-27)29-26(32)21-15-28-7-3-4-8-33-21/h5-6,9,12-13,18,21,28H,2-4,7-8,10-11,15H2,1H3,(H,29,32)/t18-,21-/m0/s1. The number of benzene rings is 1. The lowest BCUT2D eigenvalue weighted by molar-refractivity contribution is -0.133. The van der Waals surface area contributed by atoms with E-state index < -0.39 is 12.1 Å². The van der Waals surface area contributed by atoms with Crippen LogP contribution in [-0.4, -0.2) is 50.2 Å². The number of likely N-dealkylation sites (N-methyl/N-ethyl adjacent to an activating group) is 1. The molecule has 2 amide bonds. The molecule has 5 rings (SSSR count). The summed E-state index contributed by atoms with van der Waals surface area (Å²) >= 11 is 3.37. The van der Waals surface area contributed by atoms with Gasteiger partial charge in [-0.3, -0.25) is 9.59 Å². The quantitative estimate of drug-likeness (QED) is 0.527. The van der Waals surface area contributed by atoms with Gasteiger partial charge in [-0.15, -0.1) is 22.7 Å². The third kappa shape index (κ3) is 5.11. The minimum absolute atomic E-state index is 0.160. The monoisotopic (exact) mass is 508 g/mol. The van der Waals surface area contributed by atoms with Gasteiger partial charge in [-0.05, 0) is 55.6 Å². The molecule has 0 aliphatic carbocycles. The lowest BCUT2D eigenvalue weighted by Gasteiger charge is -2.22. The fourth-order valence-corrected chi connectivity index (χ4v) is 7.08. The number of nitrogens with one attached hydrogen (secondary N) is 2. The van der Waals surface area contributed by atoms with Crippen LogP contribution in [0.1, 0.15) is 30.2 Å². The average molecular weight is 509 g/mol. The Morgan fingerprint density at radius 2 is 2.14 bits per heavy atom. The normalized spacial score (nSPS) is 19.1. The van der Waals surface area contributed by atoms with Gasteiger partial charge in [0, 0.05) is 51.0 Å². The highest BCUT2D eigenvalue weighted by Crippen LogP contribution is 2.41. The first-order chi connectivity index (χ1) is 17.1. The van der Waals surface area contributed by atoms with Crippen LogP contribution in [0.2, 0.25) is 0 Å². The largest absolute Gasteiger partial charge is 0.367 e. The number of nitriles is 1. The van der Waals surface area contributed by atoms with Crippen molar-refractivity contribution >= 4 is 49.6 Å². The van der Waals surface area contributed by atoms with Crippen molar-refractivity contribution in [2.75, 3.05) is 31.1 Å². The summed E-state index contributed by atoms with van der Waals surface area (Å²) < 4.78 is 8.01. The number of amides is 2. The number of anilines is 1. The Kier molecular flexibility index (Phi) is 7.16. The Balaban J connectivity index is 1.27. The summed E-state index contributed by atoms with van der Waals surface area (Å²) in [6.45, 7) is 4.59. The lowest BCUT2D eigenvalue weighted by Crippen LogP contribution is -2.47. The van der Waals surface area contributed by atoms with Gasteiger partial charge < -0.3 is 20.3 Å². The molecule has 0 saturated carbocycles. The second kappa shape index (κ2) is 10.5. The zero-order chi connectivity index (χ0) is 24.4. The minimum Gasteiger partial charge on any atom is -0.367 e. The van der Waals surface area contributed by atoms with Crippen molar-refractivity contribution in [1.82, 2.24) is 10.6 Å². The molecule has 7 nitrogen and oxygen atoms in total. The predicted octanol–water partition coefficient (Wildman–Crippen LogP) is 3.86. The molecular formula is C26H28N4O3S2. The summed E-state index contributed by atoms with van der Waals surface area (Å²) in [5, 5.41) is 15.7. The average Bonchev–Trinajstić information content (AvgIpc) is 3.48. The number of carbonyl (C=O) groups is 2. The van der Waals surface area contributed by atoms with E-state index >= 15 is 0 Å². The van der Waals surface area contributed by atoms with Gasteiger partial charge in [0.25, 0.3) is 5.91 Å². The van der Waals surface area contributed by atoms with E-state index in [4.69, 9.17) is 4.74 Å². The van der Waals surface area contributed by atoms with Crippen molar-refractivity contribution in [3.8, 4) is 16.5 Å². The molecule has 3 aromatic rings. The molecule has 2 aliphatic heterocycles. The van der Waals surface area contributed by atoms with Crippen LogP contribution >= 0.6 is 22.7 Å². The molecule has 1 fully saturated rings. The Morgan fingerprint density at radius 3 is 2.94 bits per heavy atom. The summed E-state index contributed by atoms with van der Waals surface area (Å²) in [6, 6.07) is 12.2. The maximum absolute atomic E-state index is 12.6. The summed E-state index contributed by atoms with van der Waals surface area (Å²) in [4.78, 5) is 28.9. The number of ether oxygens (including phenoxy) is 1. The second-order valence-corrected chi connectivity index (χ2v) is 11.1. The van der Waals surface area contributed by atoms with Gasteiger partial charge in [0.15, 0.2) is 0 Å². The minimum atomic E-state index is -0.599. The van der Waals surface area contributed by atoms with Gasteiger partial charge in [0.1, 0.15) is 12.1 Å². The highest BCUT2D eigenvalue weighted by atomic mass is 32.1. The predicted molar refractivity (Wildman–Crippen MR) is 140 cm³/mol. The van der Waals surface area contributed by atoms with Gasteiger partial charge in [-0.25, -0.2) is 0 Å². The summed E-state index contributed by atoms with van der Waals surface area (Å²) in [5.74, 6) is -0.0734. The van der Waals surface area contributed by atoms with E-state index in [-0.39, 0.29) is 11.8 Å². The number of hydrogen-bond acceptors (Lipinski definition) is 7. The zero-order valence-electron chi connectivity index (χ0n) is 19.6. The van der Waals surface area contributed by atoms with Crippen LogP contribution in [-0.2, 0) is 27.2 Å². The number of rotatable bonds is 6. The molecule has 9 heteroatoms. The molecule has 0 bridgehead atoms. The first-order valence-electron chi connectivity index (χ1n) is 12.0. The first kappa shape index (κ1) is 23.9. The molecule has 0 radical (unpaired) electrons. The Labute approximate surface area is 212 Å². The smallest absolute Gasteiger partial charge is 0.251 e. The number of nitrogens with zero attached hydrogens (tertiary/aromatic N) is 2. The maximum Gasteiger partial charge on any atom is 0.251 e. The number of hydrogen-bond donors (Lipinski definition) is 2. The molecule has 1 saturated heterocycles. The van der Waals surface area contributed by atoms with Crippen LogP contribution < -0.4 is 15.5 Å². The highest BCUT2D eigenvalue weighted by Gasteiger charge is 2.27. The van der Waals surface area contributed by atoms with Gasteiger partial charge in [0.2, 0.25) is 5.91 Å². The van der Waals surface area contributed by atoms with Crippen LogP contribution in [0.5, 0.6) is 0 Å². The molecule has 182 valence electrons. The van der Waals surface area contributed by atoms with Crippen molar-refractivity contribution in [1.29, 1.82) is 5.26 Å². The number of carbonyl (C=O) groups excluding carboxylic acids is 2. The van der Waals surface area contributed by atoms with Gasteiger partial charge in [0.05, 0.1) is 12.5 Å². The molecule has 2 N–H and O–H groups in total. The van der Waals surface area contributed by atoms with E-state index in [1.54, 1.807) is 22.7 Å². The van der Waals surface area contributed by atoms with Crippen molar-refractivity contribution < 1.29 is 14.3 Å². The molecule has 4 heterocycles. The maximum atomic E-state index is 12.6. The van der Waals surface area contributed by atoms with E-state index in [0.717, 1.165) is 46.0 Å². The molecule has 0 unspecified atom stereocenters. The summed E-state index contributed by atoms with van der Waals surface area (Å²) in [7, 11) is 0. The van der Waals surface area contributed by atoms with Gasteiger partial charge in [-0.1, -0.05) is 12.1 Å². The van der Waals surface area contributed by atoms with Crippen molar-refractivity contribution in [2.45, 2.75) is 44.8 Å². The Morgan fingerprint density at radius 1 is 1.29 bits per heavy atom. The molecule has 35 heavy (non-hydrogen) atoms. The van der Waals surface area contributed by atoms with E-state index in [2.05, 4.69) is 47.0 Å². The lowest BCUT2D eigenvalue weighted by atomic mass is 10.1.